The van der Waals surface area contributed by atoms with Crippen molar-refractivity contribution in [2.75, 3.05) is 39.5 Å². The smallest absolute Gasteiger partial charge is 0.329 e. The zero-order valence-corrected chi connectivity index (χ0v) is 14.3. The second-order valence-corrected chi connectivity index (χ2v) is 6.55. The highest BCUT2D eigenvalue weighted by Crippen LogP contribution is 2.17. The Morgan fingerprint density at radius 2 is 1.96 bits per heavy atom. The molecule has 2 atom stereocenters. The zero-order chi connectivity index (χ0) is 18.2. The van der Waals surface area contributed by atoms with Gasteiger partial charge in [-0.15, -0.1) is 0 Å². The van der Waals surface area contributed by atoms with Crippen LogP contribution in [0.3, 0.4) is 0 Å². The molecule has 0 radical (unpaired) electrons. The molecule has 2 amide bonds. The number of nitrogens with two attached hydrogens (primary N) is 1. The number of primary amides is 1. The minimum absolute atomic E-state index is 0.0561. The Morgan fingerprint density at radius 1 is 1.24 bits per heavy atom. The molecule has 2 aliphatic heterocycles. The van der Waals surface area contributed by atoms with E-state index in [-0.39, 0.29) is 30.4 Å². The van der Waals surface area contributed by atoms with E-state index in [9.17, 15) is 14.4 Å². The van der Waals surface area contributed by atoms with Crippen molar-refractivity contribution in [1.82, 2.24) is 10.2 Å². The van der Waals surface area contributed by atoms with Crippen molar-refractivity contribution in [2.45, 2.75) is 37.8 Å². The van der Waals surface area contributed by atoms with Gasteiger partial charge in [-0.3, -0.25) is 9.59 Å². The van der Waals surface area contributed by atoms with Crippen LogP contribution in [-0.2, 0) is 23.9 Å². The van der Waals surface area contributed by atoms with Crippen LogP contribution in [0.4, 0.5) is 0 Å². The monoisotopic (exact) mass is 357 g/mol. The normalized spacial score (nSPS) is 25.4. The number of likely N-dealkylation sites (tertiary alicyclic amines) is 1. The van der Waals surface area contributed by atoms with E-state index in [0.717, 1.165) is 25.9 Å². The molecular weight excluding hydrogens is 330 g/mol. The number of carbonyl (C=O) groups excluding carboxylic acids is 2. The Labute approximate surface area is 146 Å². The average molecular weight is 357 g/mol. The first-order valence-electron chi connectivity index (χ1n) is 8.68. The Hall–Kier alpha value is -1.71. The molecule has 142 valence electrons. The third-order valence-electron chi connectivity index (χ3n) is 4.72. The number of hydrogen-bond acceptors (Lipinski definition) is 6. The van der Waals surface area contributed by atoms with Gasteiger partial charge in [0.25, 0.3) is 0 Å². The van der Waals surface area contributed by atoms with Gasteiger partial charge in [0.2, 0.25) is 11.8 Å². The number of carboxylic acid groups (broad SMARTS) is 1. The number of carbonyl (C=O) groups is 3. The molecule has 0 aromatic carbocycles. The van der Waals surface area contributed by atoms with Gasteiger partial charge in [0.05, 0.1) is 12.6 Å². The van der Waals surface area contributed by atoms with E-state index in [1.54, 1.807) is 0 Å². The van der Waals surface area contributed by atoms with Gasteiger partial charge in [-0.05, 0) is 32.4 Å². The number of ether oxygens (including phenoxy) is 2. The Balaban J connectivity index is 1.70. The largest absolute Gasteiger partial charge is 0.480 e. The second kappa shape index (κ2) is 9.69. The van der Waals surface area contributed by atoms with E-state index in [1.165, 1.54) is 0 Å². The summed E-state index contributed by atoms with van der Waals surface area (Å²) in [6.45, 7) is 2.54. The standard InChI is InChI=1S/C16H27N3O6/c17-16(23)11-1-5-19(6-2-11)7-3-14(20)18-12-4-8-24-9-13(12)25-10-15(21)22/h11-13H,1-10H2,(H2,17,23)(H,18,20)(H,21,22)/t12-,13-/m1/s1. The lowest BCUT2D eigenvalue weighted by Gasteiger charge is -2.32. The minimum atomic E-state index is -1.05. The maximum Gasteiger partial charge on any atom is 0.329 e. The summed E-state index contributed by atoms with van der Waals surface area (Å²) in [6.07, 6.45) is 1.98. The van der Waals surface area contributed by atoms with Crippen LogP contribution < -0.4 is 11.1 Å². The molecule has 25 heavy (non-hydrogen) atoms. The number of amides is 2. The van der Waals surface area contributed by atoms with Crippen LogP contribution in [0, 0.1) is 5.92 Å². The van der Waals surface area contributed by atoms with Crippen LogP contribution in [-0.4, -0.2) is 79.4 Å². The summed E-state index contributed by atoms with van der Waals surface area (Å²) in [6, 6.07) is -0.235. The molecule has 9 nitrogen and oxygen atoms in total. The summed E-state index contributed by atoms with van der Waals surface area (Å²) in [4.78, 5) is 36.1. The van der Waals surface area contributed by atoms with Crippen LogP contribution in [0.25, 0.3) is 0 Å². The predicted molar refractivity (Wildman–Crippen MR) is 87.7 cm³/mol. The number of carboxylic acids is 1. The van der Waals surface area contributed by atoms with Gasteiger partial charge in [-0.1, -0.05) is 0 Å². The van der Waals surface area contributed by atoms with Gasteiger partial charge in [0, 0.05) is 25.5 Å². The van der Waals surface area contributed by atoms with E-state index in [4.69, 9.17) is 20.3 Å². The summed E-state index contributed by atoms with van der Waals surface area (Å²) < 4.78 is 10.6. The van der Waals surface area contributed by atoms with Crippen molar-refractivity contribution >= 4 is 17.8 Å². The van der Waals surface area contributed by atoms with Crippen molar-refractivity contribution < 1.29 is 29.0 Å². The van der Waals surface area contributed by atoms with Gasteiger partial charge < -0.3 is 30.5 Å². The van der Waals surface area contributed by atoms with Crippen molar-refractivity contribution in [3.63, 3.8) is 0 Å². The quantitative estimate of drug-likeness (QED) is 0.505. The zero-order valence-electron chi connectivity index (χ0n) is 14.3. The van der Waals surface area contributed by atoms with Crippen LogP contribution in [0.5, 0.6) is 0 Å². The third-order valence-corrected chi connectivity index (χ3v) is 4.72. The molecule has 0 aromatic rings. The van der Waals surface area contributed by atoms with Crippen LogP contribution in [0.15, 0.2) is 0 Å². The molecule has 4 N–H and O–H groups in total. The van der Waals surface area contributed by atoms with E-state index in [1.807, 2.05) is 0 Å². The molecule has 9 heteroatoms. The fourth-order valence-corrected chi connectivity index (χ4v) is 3.20. The molecule has 0 bridgehead atoms. The van der Waals surface area contributed by atoms with Crippen LogP contribution in [0.2, 0.25) is 0 Å². The fourth-order valence-electron chi connectivity index (χ4n) is 3.20. The minimum Gasteiger partial charge on any atom is -0.480 e. The molecule has 0 aromatic heterocycles. The Kier molecular flexibility index (Phi) is 7.60. The molecule has 2 saturated heterocycles. The predicted octanol–water partition coefficient (Wildman–Crippen LogP) is -1.05. The highest BCUT2D eigenvalue weighted by Gasteiger charge is 2.29. The van der Waals surface area contributed by atoms with Gasteiger partial charge in [-0.2, -0.15) is 0 Å². The third kappa shape index (κ3) is 6.60. The summed E-state index contributed by atoms with van der Waals surface area (Å²) in [5, 5.41) is 11.6. The first-order valence-corrected chi connectivity index (χ1v) is 8.68. The topological polar surface area (TPSA) is 131 Å². The molecule has 2 fully saturated rings. The number of nitrogens with one attached hydrogen (secondary N) is 1. The maximum atomic E-state index is 12.2. The van der Waals surface area contributed by atoms with Gasteiger partial charge in [0.1, 0.15) is 12.7 Å². The molecule has 2 aliphatic rings. The van der Waals surface area contributed by atoms with Crippen molar-refractivity contribution in [3.05, 3.63) is 0 Å². The van der Waals surface area contributed by atoms with Crippen molar-refractivity contribution in [3.8, 4) is 0 Å². The number of aliphatic carboxylic acids is 1. The lowest BCUT2D eigenvalue weighted by Crippen LogP contribution is -2.51. The highest BCUT2D eigenvalue weighted by molar-refractivity contribution is 5.77. The molecular formula is C16H27N3O6. The molecule has 0 saturated carbocycles. The lowest BCUT2D eigenvalue weighted by atomic mass is 9.96. The average Bonchev–Trinajstić information content (AvgIpc) is 2.59. The lowest BCUT2D eigenvalue weighted by molar-refractivity contribution is -0.149. The Morgan fingerprint density at radius 3 is 2.60 bits per heavy atom. The van der Waals surface area contributed by atoms with Crippen LogP contribution in [0.1, 0.15) is 25.7 Å². The van der Waals surface area contributed by atoms with E-state index in [2.05, 4.69) is 10.2 Å². The number of hydrogen-bond donors (Lipinski definition) is 3. The summed E-state index contributed by atoms with van der Waals surface area (Å²) in [5.74, 6) is -1.44. The molecule has 2 rings (SSSR count). The summed E-state index contributed by atoms with van der Waals surface area (Å²) in [7, 11) is 0. The summed E-state index contributed by atoms with van der Waals surface area (Å²) in [5.41, 5.74) is 5.31. The SMILES string of the molecule is NC(=O)C1CCN(CCC(=O)N[C@@H]2CCOC[C@H]2OCC(=O)O)CC1. The van der Waals surface area contributed by atoms with Crippen molar-refractivity contribution in [1.29, 1.82) is 0 Å². The van der Waals surface area contributed by atoms with Gasteiger partial charge in [0.15, 0.2) is 0 Å². The van der Waals surface area contributed by atoms with E-state index < -0.39 is 18.7 Å². The van der Waals surface area contributed by atoms with E-state index in [0.29, 0.717) is 26.0 Å². The number of rotatable bonds is 8. The number of piperidine rings is 1. The second-order valence-electron chi connectivity index (χ2n) is 6.55. The molecule has 0 spiro atoms. The van der Waals surface area contributed by atoms with Crippen molar-refractivity contribution in [2.24, 2.45) is 11.7 Å². The maximum absolute atomic E-state index is 12.2. The first kappa shape index (κ1) is 19.6. The van der Waals surface area contributed by atoms with Gasteiger partial charge in [-0.25, -0.2) is 4.79 Å². The molecule has 2 heterocycles. The fraction of sp³-hybridized carbons (Fsp3) is 0.812. The Bertz CT molecular complexity index is 478. The highest BCUT2D eigenvalue weighted by atomic mass is 16.5. The molecule has 0 unspecified atom stereocenters. The van der Waals surface area contributed by atoms with E-state index >= 15 is 0 Å². The van der Waals surface area contributed by atoms with Crippen LogP contribution >= 0.6 is 0 Å². The molecule has 0 aliphatic carbocycles. The van der Waals surface area contributed by atoms with Gasteiger partial charge >= 0.3 is 5.97 Å². The summed E-state index contributed by atoms with van der Waals surface area (Å²) >= 11 is 0. The number of nitrogens with zero attached hydrogens (tertiary/aromatic N) is 1. The first-order chi connectivity index (χ1) is 12.0.